The molecule has 0 amide bonds. The summed E-state index contributed by atoms with van der Waals surface area (Å²) in [5.41, 5.74) is 1.08. The fraction of sp³-hybridized carbons (Fsp3) is 0.800. The van der Waals surface area contributed by atoms with Gasteiger partial charge in [-0.2, -0.15) is 0 Å². The highest BCUT2D eigenvalue weighted by Crippen LogP contribution is 2.06. The molecular formula is C10H22N2O. The number of hydrogen-bond acceptors (Lipinski definition) is 3. The first-order valence-corrected chi connectivity index (χ1v) is 4.93. The van der Waals surface area contributed by atoms with Crippen molar-refractivity contribution in [2.75, 3.05) is 33.4 Å². The molecule has 1 rings (SSSR count). The lowest BCUT2D eigenvalue weighted by molar-refractivity contribution is 0.0537. The summed E-state index contributed by atoms with van der Waals surface area (Å²) in [6, 6.07) is 0. The van der Waals surface area contributed by atoms with Crippen molar-refractivity contribution in [3.05, 3.63) is 12.3 Å². The lowest BCUT2D eigenvalue weighted by atomic mass is 10.5. The number of allylic oxidation sites excluding steroid dienone is 1. The molecule has 3 nitrogen and oxygen atoms in total. The number of hydrazine groups is 1. The van der Waals surface area contributed by atoms with Crippen molar-refractivity contribution in [2.24, 2.45) is 0 Å². The van der Waals surface area contributed by atoms with Crippen LogP contribution in [0.2, 0.25) is 0 Å². The minimum Gasteiger partial charge on any atom is -0.378 e. The van der Waals surface area contributed by atoms with Crippen molar-refractivity contribution in [1.29, 1.82) is 0 Å². The summed E-state index contributed by atoms with van der Waals surface area (Å²) in [6.45, 7) is 13.4. The lowest BCUT2D eigenvalue weighted by Gasteiger charge is -2.31. The van der Waals surface area contributed by atoms with Gasteiger partial charge in [-0.05, 0) is 6.92 Å². The summed E-state index contributed by atoms with van der Waals surface area (Å²) in [5.74, 6) is 0. The highest BCUT2D eigenvalue weighted by atomic mass is 16.5. The Bertz CT molecular complexity index is 148. The molecule has 0 aromatic heterocycles. The fourth-order valence-corrected chi connectivity index (χ4v) is 1.22. The summed E-state index contributed by atoms with van der Waals surface area (Å²) in [4.78, 5) is 0. The van der Waals surface area contributed by atoms with Gasteiger partial charge in [0.15, 0.2) is 0 Å². The van der Waals surface area contributed by atoms with Gasteiger partial charge in [0.1, 0.15) is 0 Å². The minimum absolute atomic E-state index is 0.803. The summed E-state index contributed by atoms with van der Waals surface area (Å²) < 4.78 is 5.32. The molecule has 1 fully saturated rings. The van der Waals surface area contributed by atoms with Crippen LogP contribution in [0.1, 0.15) is 20.8 Å². The van der Waals surface area contributed by atoms with Crippen molar-refractivity contribution < 1.29 is 4.74 Å². The summed E-state index contributed by atoms with van der Waals surface area (Å²) >= 11 is 0. The molecule has 0 spiro atoms. The van der Waals surface area contributed by atoms with Crippen LogP contribution in [0.5, 0.6) is 0 Å². The van der Waals surface area contributed by atoms with Crippen LogP contribution in [-0.4, -0.2) is 43.4 Å². The van der Waals surface area contributed by atoms with E-state index in [1.807, 2.05) is 20.8 Å². The summed E-state index contributed by atoms with van der Waals surface area (Å²) in [6.07, 6.45) is 0. The predicted molar refractivity (Wildman–Crippen MR) is 56.3 cm³/mol. The van der Waals surface area contributed by atoms with Crippen LogP contribution in [0.25, 0.3) is 0 Å². The molecule has 13 heavy (non-hydrogen) atoms. The third-order valence-electron chi connectivity index (χ3n) is 1.86. The summed E-state index contributed by atoms with van der Waals surface area (Å²) in [5, 5.41) is 4.29. The van der Waals surface area contributed by atoms with E-state index < -0.39 is 0 Å². The quantitative estimate of drug-likeness (QED) is 0.620. The third kappa shape index (κ3) is 4.29. The summed E-state index contributed by atoms with van der Waals surface area (Å²) in [7, 11) is 2.06. The third-order valence-corrected chi connectivity index (χ3v) is 1.86. The first kappa shape index (κ1) is 12.5. The Labute approximate surface area is 81.9 Å². The van der Waals surface area contributed by atoms with Gasteiger partial charge >= 0.3 is 0 Å². The highest BCUT2D eigenvalue weighted by molar-refractivity contribution is 4.86. The van der Waals surface area contributed by atoms with Gasteiger partial charge in [0.2, 0.25) is 0 Å². The smallest absolute Gasteiger partial charge is 0.0658 e. The van der Waals surface area contributed by atoms with E-state index in [-0.39, 0.29) is 0 Å². The molecule has 78 valence electrons. The predicted octanol–water partition coefficient (Wildman–Crippen LogP) is 1.73. The van der Waals surface area contributed by atoms with Gasteiger partial charge in [0, 0.05) is 19.3 Å². The van der Waals surface area contributed by atoms with E-state index in [4.69, 9.17) is 4.74 Å². The number of hydrogen-bond donors (Lipinski definition) is 0. The molecule has 1 heterocycles. The maximum absolute atomic E-state index is 5.32. The molecule has 1 saturated heterocycles. The van der Waals surface area contributed by atoms with Crippen LogP contribution in [-0.2, 0) is 4.74 Å². The average molecular weight is 186 g/mol. The zero-order valence-corrected chi connectivity index (χ0v) is 9.34. The number of likely N-dealkylation sites (N-methyl/N-ethyl adjacent to an activating group) is 1. The Kier molecular flexibility index (Phi) is 6.63. The SMILES string of the molecule is C=C(C)N1CCOCCN1C.CC. The maximum Gasteiger partial charge on any atom is 0.0658 e. The van der Waals surface area contributed by atoms with E-state index in [2.05, 4.69) is 23.6 Å². The molecule has 0 N–H and O–H groups in total. The standard InChI is InChI=1S/C8H16N2O.C2H6/c1-8(2)10-5-7-11-6-4-9(10)3;1-2/h1,4-7H2,2-3H3;1-2H3. The highest BCUT2D eigenvalue weighted by Gasteiger charge is 2.12. The van der Waals surface area contributed by atoms with E-state index in [9.17, 15) is 0 Å². The maximum atomic E-state index is 5.32. The molecule has 0 aromatic rings. The molecular weight excluding hydrogens is 164 g/mol. The number of rotatable bonds is 1. The molecule has 0 bridgehead atoms. The minimum atomic E-state index is 0.803. The molecule has 0 saturated carbocycles. The van der Waals surface area contributed by atoms with Gasteiger partial charge in [-0.1, -0.05) is 20.4 Å². The number of ether oxygens (including phenoxy) is 1. The zero-order valence-electron chi connectivity index (χ0n) is 9.34. The van der Waals surface area contributed by atoms with Gasteiger partial charge in [-0.25, -0.2) is 5.01 Å². The van der Waals surface area contributed by atoms with Gasteiger partial charge in [-0.15, -0.1) is 0 Å². The molecule has 0 aliphatic carbocycles. The van der Waals surface area contributed by atoms with Crippen molar-refractivity contribution >= 4 is 0 Å². The number of nitrogens with zero attached hydrogens (tertiary/aromatic N) is 2. The molecule has 1 aliphatic rings. The average Bonchev–Trinajstić information content (AvgIpc) is 2.33. The van der Waals surface area contributed by atoms with E-state index in [0.717, 1.165) is 32.0 Å². The van der Waals surface area contributed by atoms with E-state index >= 15 is 0 Å². The van der Waals surface area contributed by atoms with Gasteiger partial charge in [-0.3, -0.25) is 0 Å². The first-order chi connectivity index (χ1) is 6.22. The zero-order chi connectivity index (χ0) is 10.3. The van der Waals surface area contributed by atoms with Gasteiger partial charge < -0.3 is 9.75 Å². The Morgan fingerprint density at radius 2 is 1.77 bits per heavy atom. The van der Waals surface area contributed by atoms with E-state index in [1.54, 1.807) is 0 Å². The van der Waals surface area contributed by atoms with Crippen molar-refractivity contribution in [2.45, 2.75) is 20.8 Å². The normalized spacial score (nSPS) is 18.6. The first-order valence-electron chi connectivity index (χ1n) is 4.93. The van der Waals surface area contributed by atoms with Crippen molar-refractivity contribution in [3.63, 3.8) is 0 Å². The molecule has 0 unspecified atom stereocenters. The monoisotopic (exact) mass is 186 g/mol. The van der Waals surface area contributed by atoms with Gasteiger partial charge in [0.05, 0.1) is 19.8 Å². The topological polar surface area (TPSA) is 15.7 Å². The van der Waals surface area contributed by atoms with Crippen LogP contribution in [0.15, 0.2) is 12.3 Å². The second-order valence-corrected chi connectivity index (χ2v) is 2.85. The van der Waals surface area contributed by atoms with Crippen molar-refractivity contribution in [1.82, 2.24) is 10.0 Å². The molecule has 0 atom stereocenters. The Hall–Kier alpha value is -0.540. The van der Waals surface area contributed by atoms with Crippen LogP contribution >= 0.6 is 0 Å². The van der Waals surface area contributed by atoms with Gasteiger partial charge in [0.25, 0.3) is 0 Å². The van der Waals surface area contributed by atoms with E-state index in [0.29, 0.717) is 0 Å². The largest absolute Gasteiger partial charge is 0.378 e. The van der Waals surface area contributed by atoms with Crippen LogP contribution < -0.4 is 0 Å². The van der Waals surface area contributed by atoms with Crippen molar-refractivity contribution in [3.8, 4) is 0 Å². The molecule has 1 aliphatic heterocycles. The lowest BCUT2D eigenvalue weighted by Crippen LogP contribution is -2.38. The van der Waals surface area contributed by atoms with E-state index in [1.165, 1.54) is 0 Å². The Morgan fingerprint density at radius 1 is 1.23 bits per heavy atom. The fourth-order valence-electron chi connectivity index (χ4n) is 1.22. The second kappa shape index (κ2) is 6.92. The van der Waals surface area contributed by atoms with Crippen LogP contribution in [0, 0.1) is 0 Å². The van der Waals surface area contributed by atoms with Crippen LogP contribution in [0.3, 0.4) is 0 Å². The Morgan fingerprint density at radius 3 is 2.31 bits per heavy atom. The molecule has 3 heteroatoms. The Balaban J connectivity index is 0.000000671. The molecule has 0 aromatic carbocycles. The molecule has 0 radical (unpaired) electrons. The van der Waals surface area contributed by atoms with Crippen LogP contribution in [0.4, 0.5) is 0 Å². The second-order valence-electron chi connectivity index (χ2n) is 2.85.